The van der Waals surface area contributed by atoms with Crippen LogP contribution in [0.25, 0.3) is 0 Å². The van der Waals surface area contributed by atoms with E-state index in [1.165, 1.54) is 0 Å². The molecule has 0 radical (unpaired) electrons. The zero-order chi connectivity index (χ0) is 16.2. The summed E-state index contributed by atoms with van der Waals surface area (Å²) in [5.74, 6) is 0. The molecule has 1 aliphatic heterocycles. The summed E-state index contributed by atoms with van der Waals surface area (Å²) < 4.78 is 33.9. The first-order chi connectivity index (χ1) is 10.4. The van der Waals surface area contributed by atoms with E-state index in [4.69, 9.17) is 4.74 Å². The normalized spacial score (nSPS) is 17.5. The van der Waals surface area contributed by atoms with Crippen LogP contribution >= 0.6 is 28.3 Å². The Morgan fingerprint density at radius 1 is 1.35 bits per heavy atom. The van der Waals surface area contributed by atoms with E-state index in [0.29, 0.717) is 13.2 Å². The number of hydrogen-bond acceptors (Lipinski definition) is 4. The van der Waals surface area contributed by atoms with Gasteiger partial charge in [-0.1, -0.05) is 22.0 Å². The molecule has 1 aliphatic rings. The van der Waals surface area contributed by atoms with Gasteiger partial charge in [0.05, 0.1) is 11.5 Å². The van der Waals surface area contributed by atoms with E-state index in [0.717, 1.165) is 36.0 Å². The molecule has 2 N–H and O–H groups in total. The number of hydrogen-bond donors (Lipinski definition) is 2. The van der Waals surface area contributed by atoms with Crippen molar-refractivity contribution >= 4 is 38.4 Å². The Morgan fingerprint density at radius 3 is 2.57 bits per heavy atom. The minimum absolute atomic E-state index is 0. The zero-order valence-corrected chi connectivity index (χ0v) is 16.6. The minimum atomic E-state index is -3.51. The van der Waals surface area contributed by atoms with Crippen molar-refractivity contribution in [2.75, 3.05) is 33.4 Å². The molecule has 0 aromatic heterocycles. The molecule has 5 nitrogen and oxygen atoms in total. The third-order valence-electron chi connectivity index (χ3n) is 4.21. The molecule has 23 heavy (non-hydrogen) atoms. The molecule has 0 unspecified atom stereocenters. The van der Waals surface area contributed by atoms with Gasteiger partial charge in [-0.2, -0.15) is 0 Å². The molecule has 1 aromatic carbocycles. The largest absolute Gasteiger partial charge is 0.384 e. The van der Waals surface area contributed by atoms with Crippen LogP contribution in [0.4, 0.5) is 0 Å². The molecule has 132 valence electrons. The van der Waals surface area contributed by atoms with Gasteiger partial charge in [0.2, 0.25) is 10.0 Å². The molecule has 2 rings (SSSR count). The SMILES string of the molecule is COCC1(CNS(=O)(=O)c2ccc(C)c(Br)c2)CCNCC1.Cl. The van der Waals surface area contributed by atoms with Crippen molar-refractivity contribution in [1.82, 2.24) is 10.0 Å². The summed E-state index contributed by atoms with van der Waals surface area (Å²) in [7, 11) is -1.85. The van der Waals surface area contributed by atoms with E-state index in [1.807, 2.05) is 6.92 Å². The highest BCUT2D eigenvalue weighted by molar-refractivity contribution is 9.10. The highest BCUT2D eigenvalue weighted by Crippen LogP contribution is 2.29. The van der Waals surface area contributed by atoms with Gasteiger partial charge in [0.25, 0.3) is 0 Å². The van der Waals surface area contributed by atoms with Crippen LogP contribution in [0.2, 0.25) is 0 Å². The summed E-state index contributed by atoms with van der Waals surface area (Å²) >= 11 is 3.38. The number of aryl methyl sites for hydroxylation is 1. The predicted molar refractivity (Wildman–Crippen MR) is 97.7 cm³/mol. The third kappa shape index (κ3) is 5.41. The third-order valence-corrected chi connectivity index (χ3v) is 6.46. The summed E-state index contributed by atoms with van der Waals surface area (Å²) in [5, 5.41) is 3.30. The lowest BCUT2D eigenvalue weighted by Gasteiger charge is -2.37. The lowest BCUT2D eigenvalue weighted by Crippen LogP contribution is -2.47. The van der Waals surface area contributed by atoms with E-state index in [2.05, 4.69) is 26.0 Å². The maximum Gasteiger partial charge on any atom is 0.240 e. The number of nitrogens with one attached hydrogen (secondary N) is 2. The Balaban J connectivity index is 0.00000264. The van der Waals surface area contributed by atoms with E-state index in [1.54, 1.807) is 25.3 Å². The Hall–Kier alpha value is -0.180. The fourth-order valence-corrected chi connectivity index (χ4v) is 4.42. The van der Waals surface area contributed by atoms with Gasteiger partial charge in [-0.3, -0.25) is 0 Å². The number of ether oxygens (including phenoxy) is 1. The van der Waals surface area contributed by atoms with Crippen LogP contribution in [0, 0.1) is 12.3 Å². The molecular formula is C15H24BrClN2O3S. The van der Waals surface area contributed by atoms with Crippen LogP contribution in [0.1, 0.15) is 18.4 Å². The highest BCUT2D eigenvalue weighted by atomic mass is 79.9. The molecule has 0 bridgehead atoms. The molecule has 1 saturated heterocycles. The lowest BCUT2D eigenvalue weighted by molar-refractivity contribution is 0.0577. The fourth-order valence-electron chi connectivity index (χ4n) is 2.71. The molecule has 0 amide bonds. The maximum absolute atomic E-state index is 12.5. The zero-order valence-electron chi connectivity index (χ0n) is 13.4. The average molecular weight is 428 g/mol. The van der Waals surface area contributed by atoms with Crippen LogP contribution in [0.3, 0.4) is 0 Å². The fraction of sp³-hybridized carbons (Fsp3) is 0.600. The lowest BCUT2D eigenvalue weighted by atomic mass is 9.80. The van der Waals surface area contributed by atoms with Crippen molar-refractivity contribution in [3.8, 4) is 0 Å². The quantitative estimate of drug-likeness (QED) is 0.732. The molecule has 0 aliphatic carbocycles. The topological polar surface area (TPSA) is 67.4 Å². The molecule has 1 heterocycles. The molecule has 0 spiro atoms. The number of piperidine rings is 1. The van der Waals surface area contributed by atoms with Gasteiger partial charge < -0.3 is 10.1 Å². The smallest absolute Gasteiger partial charge is 0.240 e. The van der Waals surface area contributed by atoms with Gasteiger partial charge in [0, 0.05) is 23.5 Å². The number of rotatable bonds is 6. The van der Waals surface area contributed by atoms with Crippen molar-refractivity contribution in [2.24, 2.45) is 5.41 Å². The van der Waals surface area contributed by atoms with Crippen LogP contribution in [-0.4, -0.2) is 41.8 Å². The second-order valence-electron chi connectivity index (χ2n) is 5.92. The summed E-state index contributed by atoms with van der Waals surface area (Å²) in [5.41, 5.74) is 0.878. The minimum Gasteiger partial charge on any atom is -0.384 e. The Kier molecular flexibility index (Phi) is 7.97. The number of methoxy groups -OCH3 is 1. The highest BCUT2D eigenvalue weighted by Gasteiger charge is 2.33. The number of sulfonamides is 1. The average Bonchev–Trinajstić information content (AvgIpc) is 2.49. The van der Waals surface area contributed by atoms with Gasteiger partial charge in [0.15, 0.2) is 0 Å². The van der Waals surface area contributed by atoms with E-state index >= 15 is 0 Å². The van der Waals surface area contributed by atoms with Gasteiger partial charge in [-0.15, -0.1) is 12.4 Å². The van der Waals surface area contributed by atoms with Crippen molar-refractivity contribution in [1.29, 1.82) is 0 Å². The second-order valence-corrected chi connectivity index (χ2v) is 8.54. The Bertz CT molecular complexity index is 614. The first kappa shape index (κ1) is 20.9. The maximum atomic E-state index is 12.5. The van der Waals surface area contributed by atoms with Crippen LogP contribution in [-0.2, 0) is 14.8 Å². The monoisotopic (exact) mass is 426 g/mol. The summed E-state index contributed by atoms with van der Waals surface area (Å²) in [6, 6.07) is 5.07. The van der Waals surface area contributed by atoms with Crippen LogP contribution in [0.15, 0.2) is 27.6 Å². The second kappa shape index (κ2) is 8.78. The van der Waals surface area contributed by atoms with E-state index in [-0.39, 0.29) is 22.7 Å². The Morgan fingerprint density at radius 2 is 2.00 bits per heavy atom. The Labute approximate surface area is 153 Å². The standard InChI is InChI=1S/C15H23BrN2O3S.ClH/c1-12-3-4-13(9-14(12)16)22(19,20)18-10-15(11-21-2)5-7-17-8-6-15;/h3-4,9,17-18H,5-8,10-11H2,1-2H3;1H. The predicted octanol–water partition coefficient (Wildman–Crippen LogP) is 2.47. The van der Waals surface area contributed by atoms with Gasteiger partial charge in [-0.25, -0.2) is 13.1 Å². The first-order valence-corrected chi connectivity index (χ1v) is 9.62. The van der Waals surface area contributed by atoms with E-state index in [9.17, 15) is 8.42 Å². The summed E-state index contributed by atoms with van der Waals surface area (Å²) in [6.07, 6.45) is 1.81. The van der Waals surface area contributed by atoms with Gasteiger partial charge in [-0.05, 0) is 50.6 Å². The molecule has 1 aromatic rings. The van der Waals surface area contributed by atoms with Crippen molar-refractivity contribution in [3.63, 3.8) is 0 Å². The number of benzene rings is 1. The van der Waals surface area contributed by atoms with Crippen molar-refractivity contribution in [3.05, 3.63) is 28.2 Å². The number of halogens is 2. The molecular weight excluding hydrogens is 404 g/mol. The molecule has 8 heteroatoms. The van der Waals surface area contributed by atoms with Crippen molar-refractivity contribution < 1.29 is 13.2 Å². The molecule has 0 saturated carbocycles. The molecule has 0 atom stereocenters. The van der Waals surface area contributed by atoms with Gasteiger partial charge in [0.1, 0.15) is 0 Å². The van der Waals surface area contributed by atoms with Crippen LogP contribution < -0.4 is 10.0 Å². The van der Waals surface area contributed by atoms with E-state index < -0.39 is 10.0 Å². The first-order valence-electron chi connectivity index (χ1n) is 7.34. The van der Waals surface area contributed by atoms with Crippen molar-refractivity contribution in [2.45, 2.75) is 24.7 Å². The van der Waals surface area contributed by atoms with Crippen LogP contribution in [0.5, 0.6) is 0 Å². The summed E-state index contributed by atoms with van der Waals surface area (Å²) in [6.45, 7) is 4.67. The van der Waals surface area contributed by atoms with Gasteiger partial charge >= 0.3 is 0 Å². The summed E-state index contributed by atoms with van der Waals surface area (Å²) in [4.78, 5) is 0.284. The molecule has 1 fully saturated rings.